The molecule has 1 aromatic rings. The van der Waals surface area contributed by atoms with Crippen molar-refractivity contribution in [3.8, 4) is 0 Å². The highest BCUT2D eigenvalue weighted by Crippen LogP contribution is 2.13. The van der Waals surface area contributed by atoms with Gasteiger partial charge in [-0.1, -0.05) is 44.2 Å². The molecule has 3 nitrogen and oxygen atoms in total. The molecule has 0 saturated carbocycles. The zero-order valence-electron chi connectivity index (χ0n) is 13.1. The van der Waals surface area contributed by atoms with Crippen LogP contribution in [0.4, 0.5) is 0 Å². The number of aryl methyl sites for hydroxylation is 1. The van der Waals surface area contributed by atoms with E-state index in [1.165, 1.54) is 5.56 Å². The average Bonchev–Trinajstić information content (AvgIpc) is 2.52. The molecule has 0 atom stereocenters. The van der Waals surface area contributed by atoms with Crippen molar-refractivity contribution in [3.05, 3.63) is 35.9 Å². The van der Waals surface area contributed by atoms with Crippen LogP contribution in [-0.2, 0) is 11.2 Å². The summed E-state index contributed by atoms with van der Waals surface area (Å²) in [5.41, 5.74) is 1.31. The molecule has 4 heteroatoms. The number of thioether (sulfide) groups is 1. The molecule has 0 fully saturated rings. The molecule has 1 amide bonds. The summed E-state index contributed by atoms with van der Waals surface area (Å²) in [6.07, 6.45) is 2.87. The highest BCUT2D eigenvalue weighted by molar-refractivity contribution is 7.99. The van der Waals surface area contributed by atoms with Crippen LogP contribution in [0.5, 0.6) is 0 Å². The number of rotatable bonds is 10. The highest BCUT2D eigenvalue weighted by Gasteiger charge is 2.20. The van der Waals surface area contributed by atoms with E-state index in [0.717, 1.165) is 25.0 Å². The summed E-state index contributed by atoms with van der Waals surface area (Å²) in [4.78, 5) is 14.1. The number of aliphatic hydroxyl groups excluding tert-OH is 1. The van der Waals surface area contributed by atoms with Crippen molar-refractivity contribution in [3.63, 3.8) is 0 Å². The predicted octanol–water partition coefficient (Wildman–Crippen LogP) is 2.97. The first-order valence-corrected chi connectivity index (χ1v) is 8.90. The molecule has 0 aliphatic rings. The van der Waals surface area contributed by atoms with Crippen LogP contribution in [0.15, 0.2) is 30.3 Å². The van der Waals surface area contributed by atoms with Crippen LogP contribution >= 0.6 is 11.8 Å². The number of carbonyl (C=O) groups is 1. The van der Waals surface area contributed by atoms with Gasteiger partial charge in [0.25, 0.3) is 0 Å². The maximum absolute atomic E-state index is 12.3. The van der Waals surface area contributed by atoms with Gasteiger partial charge in [-0.3, -0.25) is 4.79 Å². The van der Waals surface area contributed by atoms with Crippen LogP contribution in [0.1, 0.15) is 32.3 Å². The second kappa shape index (κ2) is 10.7. The van der Waals surface area contributed by atoms with Crippen molar-refractivity contribution in [2.45, 2.75) is 39.2 Å². The summed E-state index contributed by atoms with van der Waals surface area (Å²) in [7, 11) is 0. The largest absolute Gasteiger partial charge is 0.395 e. The summed E-state index contributed by atoms with van der Waals surface area (Å²) in [5, 5.41) is 9.15. The van der Waals surface area contributed by atoms with E-state index in [0.29, 0.717) is 12.3 Å². The van der Waals surface area contributed by atoms with Crippen LogP contribution in [0.2, 0.25) is 0 Å². The Morgan fingerprint density at radius 3 is 2.48 bits per heavy atom. The molecular formula is C17H27NO2S. The van der Waals surface area contributed by atoms with Gasteiger partial charge >= 0.3 is 0 Å². The molecule has 1 aromatic carbocycles. The number of aliphatic hydroxyl groups is 1. The van der Waals surface area contributed by atoms with Gasteiger partial charge < -0.3 is 10.0 Å². The lowest BCUT2D eigenvalue weighted by atomic mass is 10.1. The number of amides is 1. The Kier molecular flexibility index (Phi) is 9.19. The van der Waals surface area contributed by atoms with Gasteiger partial charge in [0, 0.05) is 12.6 Å². The zero-order chi connectivity index (χ0) is 15.5. The maximum Gasteiger partial charge on any atom is 0.232 e. The van der Waals surface area contributed by atoms with E-state index in [1.807, 2.05) is 23.1 Å². The lowest BCUT2D eigenvalue weighted by molar-refractivity contribution is -0.131. The van der Waals surface area contributed by atoms with Gasteiger partial charge in [0.2, 0.25) is 5.91 Å². The molecule has 0 aliphatic heterocycles. The highest BCUT2D eigenvalue weighted by atomic mass is 32.2. The SMILES string of the molecule is CCC(CC)N(CCO)C(=O)CSCCc1ccccc1. The van der Waals surface area contributed by atoms with E-state index < -0.39 is 0 Å². The minimum Gasteiger partial charge on any atom is -0.395 e. The quantitative estimate of drug-likeness (QED) is 0.676. The molecule has 0 aromatic heterocycles. The number of hydrogen-bond donors (Lipinski definition) is 1. The topological polar surface area (TPSA) is 40.5 Å². The number of benzene rings is 1. The molecule has 0 bridgehead atoms. The number of nitrogens with zero attached hydrogens (tertiary/aromatic N) is 1. The lowest BCUT2D eigenvalue weighted by Crippen LogP contribution is -2.42. The molecule has 118 valence electrons. The lowest BCUT2D eigenvalue weighted by Gasteiger charge is -2.30. The minimum absolute atomic E-state index is 0.0386. The minimum atomic E-state index is 0.0386. The normalized spacial score (nSPS) is 10.9. The molecule has 0 aliphatic carbocycles. The van der Waals surface area contributed by atoms with E-state index in [2.05, 4.69) is 26.0 Å². The Hall–Kier alpha value is -1.00. The van der Waals surface area contributed by atoms with Gasteiger partial charge in [0.1, 0.15) is 0 Å². The van der Waals surface area contributed by atoms with Crippen LogP contribution in [0, 0.1) is 0 Å². The first-order chi connectivity index (χ1) is 10.2. The van der Waals surface area contributed by atoms with Crippen LogP contribution < -0.4 is 0 Å². The molecule has 21 heavy (non-hydrogen) atoms. The molecule has 0 heterocycles. The standard InChI is InChI=1S/C17H27NO2S/c1-3-16(4-2)18(11-12-19)17(20)14-21-13-10-15-8-6-5-7-9-15/h5-9,16,19H,3-4,10-14H2,1-2H3. The first-order valence-electron chi connectivity index (χ1n) is 7.74. The summed E-state index contributed by atoms with van der Waals surface area (Å²) < 4.78 is 0. The van der Waals surface area contributed by atoms with E-state index in [-0.39, 0.29) is 18.6 Å². The summed E-state index contributed by atoms with van der Waals surface area (Å²) in [6, 6.07) is 10.6. The van der Waals surface area contributed by atoms with Crippen molar-refractivity contribution in [2.24, 2.45) is 0 Å². The molecular weight excluding hydrogens is 282 g/mol. The van der Waals surface area contributed by atoms with Crippen LogP contribution in [-0.4, -0.2) is 46.6 Å². The third kappa shape index (κ3) is 6.53. The van der Waals surface area contributed by atoms with Gasteiger partial charge in [-0.05, 0) is 30.6 Å². The molecule has 1 N–H and O–H groups in total. The maximum atomic E-state index is 12.3. The average molecular weight is 309 g/mol. The van der Waals surface area contributed by atoms with Crippen molar-refractivity contribution in [2.75, 3.05) is 24.7 Å². The number of hydrogen-bond acceptors (Lipinski definition) is 3. The Morgan fingerprint density at radius 1 is 1.24 bits per heavy atom. The summed E-state index contributed by atoms with van der Waals surface area (Å²) in [6.45, 7) is 4.67. The summed E-state index contributed by atoms with van der Waals surface area (Å²) in [5.74, 6) is 1.60. The Labute approximate surface area is 132 Å². The predicted molar refractivity (Wildman–Crippen MR) is 90.6 cm³/mol. The van der Waals surface area contributed by atoms with Gasteiger partial charge in [0.15, 0.2) is 0 Å². The van der Waals surface area contributed by atoms with Gasteiger partial charge in [0.05, 0.1) is 12.4 Å². The molecule has 0 spiro atoms. The van der Waals surface area contributed by atoms with Crippen molar-refractivity contribution in [1.82, 2.24) is 4.90 Å². The third-order valence-electron chi connectivity index (χ3n) is 3.65. The second-order valence-electron chi connectivity index (χ2n) is 5.07. The molecule has 0 radical (unpaired) electrons. The fraction of sp³-hybridized carbons (Fsp3) is 0.588. The van der Waals surface area contributed by atoms with Crippen molar-refractivity contribution < 1.29 is 9.90 Å². The Bertz CT molecular complexity index is 393. The van der Waals surface area contributed by atoms with Crippen LogP contribution in [0.25, 0.3) is 0 Å². The fourth-order valence-corrected chi connectivity index (χ4v) is 3.29. The van der Waals surface area contributed by atoms with Gasteiger partial charge in [-0.2, -0.15) is 11.8 Å². The van der Waals surface area contributed by atoms with E-state index in [4.69, 9.17) is 5.11 Å². The van der Waals surface area contributed by atoms with Crippen LogP contribution in [0.3, 0.4) is 0 Å². The number of carbonyl (C=O) groups excluding carboxylic acids is 1. The Morgan fingerprint density at radius 2 is 1.90 bits per heavy atom. The van der Waals surface area contributed by atoms with E-state index >= 15 is 0 Å². The zero-order valence-corrected chi connectivity index (χ0v) is 13.9. The van der Waals surface area contributed by atoms with Crippen molar-refractivity contribution >= 4 is 17.7 Å². The second-order valence-corrected chi connectivity index (χ2v) is 6.17. The Balaban J connectivity index is 2.36. The van der Waals surface area contributed by atoms with Gasteiger partial charge in [-0.15, -0.1) is 0 Å². The van der Waals surface area contributed by atoms with E-state index in [9.17, 15) is 4.79 Å². The van der Waals surface area contributed by atoms with E-state index in [1.54, 1.807) is 11.8 Å². The molecule has 0 saturated heterocycles. The first kappa shape index (κ1) is 18.1. The molecule has 1 rings (SSSR count). The summed E-state index contributed by atoms with van der Waals surface area (Å²) >= 11 is 1.68. The monoisotopic (exact) mass is 309 g/mol. The third-order valence-corrected chi connectivity index (χ3v) is 4.59. The molecule has 0 unspecified atom stereocenters. The fourth-order valence-electron chi connectivity index (χ4n) is 2.43. The van der Waals surface area contributed by atoms with Gasteiger partial charge in [-0.25, -0.2) is 0 Å². The van der Waals surface area contributed by atoms with Crippen molar-refractivity contribution in [1.29, 1.82) is 0 Å². The smallest absolute Gasteiger partial charge is 0.232 e.